The van der Waals surface area contributed by atoms with Gasteiger partial charge >= 0.3 is 0 Å². The zero-order valence-electron chi connectivity index (χ0n) is 10.9. The monoisotopic (exact) mass is 266 g/mol. The van der Waals surface area contributed by atoms with E-state index in [9.17, 15) is 0 Å². The molecule has 1 unspecified atom stereocenters. The van der Waals surface area contributed by atoms with Crippen LogP contribution in [-0.4, -0.2) is 30.9 Å². The fourth-order valence-corrected chi connectivity index (χ4v) is 2.55. The second kappa shape index (κ2) is 6.01. The highest BCUT2D eigenvalue weighted by Gasteiger charge is 2.23. The normalized spacial score (nSPS) is 12.8. The van der Waals surface area contributed by atoms with E-state index in [1.807, 2.05) is 11.6 Å². The average molecular weight is 266 g/mol. The lowest BCUT2D eigenvalue weighted by atomic mass is 10.2. The van der Waals surface area contributed by atoms with Crippen LogP contribution in [0.2, 0.25) is 0 Å². The molecule has 0 aliphatic rings. The third-order valence-electron chi connectivity index (χ3n) is 2.75. The van der Waals surface area contributed by atoms with Gasteiger partial charge < -0.3 is 5.32 Å². The molecule has 2 aromatic rings. The Hall–Kier alpha value is -1.34. The molecule has 0 fully saturated rings. The summed E-state index contributed by atoms with van der Waals surface area (Å²) in [5.41, 5.74) is 0.958. The second-order valence-electron chi connectivity index (χ2n) is 4.04. The molecule has 7 heteroatoms. The summed E-state index contributed by atoms with van der Waals surface area (Å²) >= 11 is 1.42. The van der Waals surface area contributed by atoms with Gasteiger partial charge in [-0.25, -0.2) is 9.67 Å². The molecule has 1 atom stereocenters. The topological polar surface area (TPSA) is 68.5 Å². The SMILES string of the molecule is CCCNC(c1snnc1C)c1ncnn1CC. The highest BCUT2D eigenvalue weighted by molar-refractivity contribution is 7.05. The third-order valence-corrected chi connectivity index (χ3v) is 3.64. The molecule has 0 saturated carbocycles. The van der Waals surface area contributed by atoms with Gasteiger partial charge in [0.25, 0.3) is 0 Å². The maximum absolute atomic E-state index is 4.38. The molecule has 0 aliphatic carbocycles. The molecule has 0 spiro atoms. The number of nitrogens with zero attached hydrogens (tertiary/aromatic N) is 5. The van der Waals surface area contributed by atoms with E-state index in [-0.39, 0.29) is 6.04 Å². The Kier molecular flexibility index (Phi) is 4.38. The van der Waals surface area contributed by atoms with Crippen LogP contribution in [-0.2, 0) is 6.54 Å². The van der Waals surface area contributed by atoms with E-state index in [0.29, 0.717) is 0 Å². The molecule has 2 rings (SSSR count). The quantitative estimate of drug-likeness (QED) is 0.859. The number of aromatic nitrogens is 5. The van der Waals surface area contributed by atoms with E-state index in [0.717, 1.165) is 35.9 Å². The van der Waals surface area contributed by atoms with Crippen LogP contribution in [0.4, 0.5) is 0 Å². The molecule has 0 saturated heterocycles. The minimum Gasteiger partial charge on any atom is -0.303 e. The highest BCUT2D eigenvalue weighted by Crippen LogP contribution is 2.25. The summed E-state index contributed by atoms with van der Waals surface area (Å²) in [6, 6.07) is 0.0346. The summed E-state index contributed by atoms with van der Waals surface area (Å²) < 4.78 is 5.92. The minimum atomic E-state index is 0.0346. The largest absolute Gasteiger partial charge is 0.303 e. The van der Waals surface area contributed by atoms with Gasteiger partial charge in [-0.05, 0) is 38.3 Å². The van der Waals surface area contributed by atoms with Crippen LogP contribution in [0, 0.1) is 6.92 Å². The lowest BCUT2D eigenvalue weighted by molar-refractivity contribution is 0.522. The fourth-order valence-electron chi connectivity index (χ4n) is 1.83. The standard InChI is InChI=1S/C11H18N6S/c1-4-6-12-9(10-8(3)15-16-18-10)11-13-7-14-17(11)5-2/h7,9,12H,4-6H2,1-3H3. The molecule has 0 bridgehead atoms. The third kappa shape index (κ3) is 2.56. The number of nitrogens with one attached hydrogen (secondary N) is 1. The van der Waals surface area contributed by atoms with Crippen molar-refractivity contribution in [3.05, 3.63) is 22.7 Å². The molecule has 2 aromatic heterocycles. The molecular formula is C11H18N6S. The molecular weight excluding hydrogens is 248 g/mol. The lowest BCUT2D eigenvalue weighted by Gasteiger charge is -2.16. The first kappa shape index (κ1) is 13.1. The van der Waals surface area contributed by atoms with Gasteiger partial charge in [-0.3, -0.25) is 0 Å². The number of hydrogen-bond donors (Lipinski definition) is 1. The molecule has 2 heterocycles. The molecule has 0 aliphatic heterocycles. The van der Waals surface area contributed by atoms with Gasteiger partial charge in [-0.15, -0.1) is 5.10 Å². The number of hydrogen-bond acceptors (Lipinski definition) is 6. The first-order chi connectivity index (χ1) is 8.77. The van der Waals surface area contributed by atoms with Crippen LogP contribution in [0.3, 0.4) is 0 Å². The molecule has 98 valence electrons. The average Bonchev–Trinajstić information content (AvgIpc) is 2.99. The fraction of sp³-hybridized carbons (Fsp3) is 0.636. The molecule has 1 N–H and O–H groups in total. The molecule has 18 heavy (non-hydrogen) atoms. The zero-order chi connectivity index (χ0) is 13.0. The van der Waals surface area contributed by atoms with E-state index >= 15 is 0 Å². The van der Waals surface area contributed by atoms with E-state index in [1.54, 1.807) is 6.33 Å². The van der Waals surface area contributed by atoms with Crippen LogP contribution < -0.4 is 5.32 Å². The van der Waals surface area contributed by atoms with E-state index in [2.05, 4.69) is 38.8 Å². The van der Waals surface area contributed by atoms with Gasteiger partial charge in [-0.1, -0.05) is 11.4 Å². The Bertz CT molecular complexity index is 491. The number of rotatable bonds is 6. The Labute approximate surface area is 111 Å². The van der Waals surface area contributed by atoms with Crippen LogP contribution in [0.25, 0.3) is 0 Å². The smallest absolute Gasteiger partial charge is 0.149 e. The maximum Gasteiger partial charge on any atom is 0.149 e. The first-order valence-electron chi connectivity index (χ1n) is 6.17. The lowest BCUT2D eigenvalue weighted by Crippen LogP contribution is -2.26. The number of aryl methyl sites for hydroxylation is 2. The van der Waals surface area contributed by atoms with Crippen molar-refractivity contribution in [1.82, 2.24) is 29.7 Å². The van der Waals surface area contributed by atoms with E-state index in [1.165, 1.54) is 11.5 Å². The molecule has 0 aromatic carbocycles. The van der Waals surface area contributed by atoms with E-state index < -0.39 is 0 Å². The summed E-state index contributed by atoms with van der Waals surface area (Å²) in [5.74, 6) is 0.931. The highest BCUT2D eigenvalue weighted by atomic mass is 32.1. The van der Waals surface area contributed by atoms with Crippen molar-refractivity contribution in [1.29, 1.82) is 0 Å². The second-order valence-corrected chi connectivity index (χ2v) is 4.83. The minimum absolute atomic E-state index is 0.0346. The van der Waals surface area contributed by atoms with Crippen molar-refractivity contribution in [2.24, 2.45) is 0 Å². The van der Waals surface area contributed by atoms with Crippen LogP contribution in [0.15, 0.2) is 6.33 Å². The van der Waals surface area contributed by atoms with Crippen molar-refractivity contribution in [2.75, 3.05) is 6.54 Å². The van der Waals surface area contributed by atoms with E-state index in [4.69, 9.17) is 0 Å². The van der Waals surface area contributed by atoms with Crippen LogP contribution in [0.5, 0.6) is 0 Å². The first-order valence-corrected chi connectivity index (χ1v) is 6.95. The van der Waals surface area contributed by atoms with Crippen LogP contribution >= 0.6 is 11.5 Å². The van der Waals surface area contributed by atoms with Crippen molar-refractivity contribution in [3.8, 4) is 0 Å². The van der Waals surface area contributed by atoms with Gasteiger partial charge in [0.15, 0.2) is 0 Å². The van der Waals surface area contributed by atoms with Gasteiger partial charge in [0.05, 0.1) is 10.6 Å². The maximum atomic E-state index is 4.38. The Morgan fingerprint density at radius 2 is 2.28 bits per heavy atom. The summed E-state index contributed by atoms with van der Waals surface area (Å²) in [5, 5.41) is 11.8. The zero-order valence-corrected chi connectivity index (χ0v) is 11.7. The van der Waals surface area contributed by atoms with Crippen molar-refractivity contribution < 1.29 is 0 Å². The van der Waals surface area contributed by atoms with Gasteiger partial charge in [0.1, 0.15) is 18.2 Å². The Morgan fingerprint density at radius 1 is 1.44 bits per heavy atom. The summed E-state index contributed by atoms with van der Waals surface area (Å²) in [6.45, 7) is 7.93. The molecule has 0 amide bonds. The summed E-state index contributed by atoms with van der Waals surface area (Å²) in [7, 11) is 0. The van der Waals surface area contributed by atoms with Crippen molar-refractivity contribution in [2.45, 2.75) is 39.8 Å². The summed E-state index contributed by atoms with van der Waals surface area (Å²) in [4.78, 5) is 5.49. The predicted octanol–water partition coefficient (Wildman–Crippen LogP) is 1.55. The van der Waals surface area contributed by atoms with Crippen molar-refractivity contribution in [3.63, 3.8) is 0 Å². The Balaban J connectivity index is 2.34. The Morgan fingerprint density at radius 3 is 2.89 bits per heavy atom. The van der Waals surface area contributed by atoms with Gasteiger partial charge in [0, 0.05) is 6.54 Å². The van der Waals surface area contributed by atoms with Gasteiger partial charge in [-0.2, -0.15) is 5.10 Å². The predicted molar refractivity (Wildman–Crippen MR) is 70.5 cm³/mol. The van der Waals surface area contributed by atoms with Crippen LogP contribution in [0.1, 0.15) is 42.7 Å². The van der Waals surface area contributed by atoms with Gasteiger partial charge in [0.2, 0.25) is 0 Å². The molecule has 0 radical (unpaired) electrons. The van der Waals surface area contributed by atoms with Crippen molar-refractivity contribution >= 4 is 11.5 Å². The summed E-state index contributed by atoms with van der Waals surface area (Å²) in [6.07, 6.45) is 2.67. The molecule has 6 nitrogen and oxygen atoms in total.